The zero-order valence-corrected chi connectivity index (χ0v) is 15.1. The standard InChI is InChI=1S/C19H27N3O3/c1-3-21(15(2)23)12-16-6-4-5-7-17(16)20-18(24)22-10-8-19(13-22)9-11-25-14-19/h4-7H,3,8-14H2,1-2H3,(H,20,24)/t19-/m0/s1. The Kier molecular flexibility index (Phi) is 5.27. The van der Waals surface area contributed by atoms with Crippen molar-refractivity contribution in [3.05, 3.63) is 29.8 Å². The van der Waals surface area contributed by atoms with Crippen molar-refractivity contribution in [2.24, 2.45) is 5.41 Å². The number of nitrogens with zero attached hydrogens (tertiary/aromatic N) is 2. The van der Waals surface area contributed by atoms with Crippen LogP contribution in [-0.2, 0) is 16.1 Å². The maximum atomic E-state index is 12.7. The molecule has 1 aromatic rings. The molecule has 6 heteroatoms. The molecule has 0 radical (unpaired) electrons. The molecule has 2 fully saturated rings. The molecule has 1 aromatic carbocycles. The molecule has 6 nitrogen and oxygen atoms in total. The molecule has 136 valence electrons. The Balaban J connectivity index is 1.66. The lowest BCUT2D eigenvalue weighted by atomic mass is 9.87. The molecule has 1 spiro atoms. The van der Waals surface area contributed by atoms with Crippen molar-refractivity contribution in [2.45, 2.75) is 33.2 Å². The fraction of sp³-hybridized carbons (Fsp3) is 0.579. The van der Waals surface area contributed by atoms with Crippen molar-refractivity contribution in [2.75, 3.05) is 38.2 Å². The monoisotopic (exact) mass is 345 g/mol. The molecule has 25 heavy (non-hydrogen) atoms. The number of amides is 3. The number of benzene rings is 1. The van der Waals surface area contributed by atoms with Gasteiger partial charge in [0.15, 0.2) is 0 Å². The molecule has 0 saturated carbocycles. The van der Waals surface area contributed by atoms with E-state index in [9.17, 15) is 9.59 Å². The predicted octanol–water partition coefficient (Wildman–Crippen LogP) is 2.70. The Labute approximate surface area is 149 Å². The summed E-state index contributed by atoms with van der Waals surface area (Å²) in [5.41, 5.74) is 1.88. The Morgan fingerprint density at radius 2 is 2.12 bits per heavy atom. The summed E-state index contributed by atoms with van der Waals surface area (Å²) >= 11 is 0. The Morgan fingerprint density at radius 3 is 2.80 bits per heavy atom. The molecular formula is C19H27N3O3. The van der Waals surface area contributed by atoms with Crippen molar-refractivity contribution in [3.63, 3.8) is 0 Å². The molecule has 2 saturated heterocycles. The molecule has 1 atom stereocenters. The summed E-state index contributed by atoms with van der Waals surface area (Å²) in [4.78, 5) is 28.0. The largest absolute Gasteiger partial charge is 0.381 e. The van der Waals surface area contributed by atoms with Crippen LogP contribution in [0, 0.1) is 5.41 Å². The van der Waals surface area contributed by atoms with Crippen LogP contribution in [0.1, 0.15) is 32.3 Å². The first-order valence-electron chi connectivity index (χ1n) is 9.00. The lowest BCUT2D eigenvalue weighted by molar-refractivity contribution is -0.129. The first kappa shape index (κ1) is 17.7. The van der Waals surface area contributed by atoms with E-state index in [1.807, 2.05) is 36.1 Å². The van der Waals surface area contributed by atoms with Gasteiger partial charge in [0, 0.05) is 50.8 Å². The van der Waals surface area contributed by atoms with Crippen molar-refractivity contribution >= 4 is 17.6 Å². The summed E-state index contributed by atoms with van der Waals surface area (Å²) in [6, 6.07) is 7.62. The third-order valence-electron chi connectivity index (χ3n) is 5.36. The van der Waals surface area contributed by atoms with Gasteiger partial charge in [0.2, 0.25) is 5.91 Å². The number of hydrogen-bond acceptors (Lipinski definition) is 3. The van der Waals surface area contributed by atoms with Crippen LogP contribution < -0.4 is 5.32 Å². The third-order valence-corrected chi connectivity index (χ3v) is 5.36. The number of anilines is 1. The molecule has 0 aliphatic carbocycles. The second-order valence-corrected chi connectivity index (χ2v) is 7.09. The number of carbonyl (C=O) groups excluding carboxylic acids is 2. The molecule has 3 rings (SSSR count). The third kappa shape index (κ3) is 3.95. The number of urea groups is 1. The van der Waals surface area contributed by atoms with E-state index in [1.54, 1.807) is 11.8 Å². The van der Waals surface area contributed by atoms with E-state index in [-0.39, 0.29) is 17.4 Å². The Hall–Kier alpha value is -2.08. The topological polar surface area (TPSA) is 61.9 Å². The number of ether oxygens (including phenoxy) is 1. The molecule has 0 bridgehead atoms. The van der Waals surface area contributed by atoms with E-state index >= 15 is 0 Å². The smallest absolute Gasteiger partial charge is 0.321 e. The van der Waals surface area contributed by atoms with E-state index in [0.29, 0.717) is 13.1 Å². The maximum absolute atomic E-state index is 12.7. The number of carbonyl (C=O) groups is 2. The minimum absolute atomic E-state index is 0.0337. The number of likely N-dealkylation sites (tertiary alicyclic amines) is 1. The number of hydrogen-bond donors (Lipinski definition) is 1. The van der Waals surface area contributed by atoms with Gasteiger partial charge in [-0.3, -0.25) is 4.79 Å². The fourth-order valence-corrected chi connectivity index (χ4v) is 3.71. The quantitative estimate of drug-likeness (QED) is 0.913. The summed E-state index contributed by atoms with van der Waals surface area (Å²) < 4.78 is 5.53. The molecule has 2 heterocycles. The zero-order chi connectivity index (χ0) is 17.9. The molecule has 1 N–H and O–H groups in total. The van der Waals surface area contributed by atoms with Gasteiger partial charge >= 0.3 is 6.03 Å². The van der Waals surface area contributed by atoms with Crippen molar-refractivity contribution in [1.29, 1.82) is 0 Å². The van der Waals surface area contributed by atoms with Crippen LogP contribution in [0.2, 0.25) is 0 Å². The van der Waals surface area contributed by atoms with E-state index < -0.39 is 0 Å². The SMILES string of the molecule is CCN(Cc1ccccc1NC(=O)N1CC[C@]2(CCOC2)C1)C(C)=O. The van der Waals surface area contributed by atoms with Gasteiger partial charge in [0.25, 0.3) is 0 Å². The maximum Gasteiger partial charge on any atom is 0.321 e. The van der Waals surface area contributed by atoms with E-state index in [1.165, 1.54) is 0 Å². The molecule has 0 aromatic heterocycles. The number of nitrogens with one attached hydrogen (secondary N) is 1. The summed E-state index contributed by atoms with van der Waals surface area (Å²) in [7, 11) is 0. The summed E-state index contributed by atoms with van der Waals surface area (Å²) in [5, 5.41) is 3.04. The number of rotatable bonds is 4. The molecular weight excluding hydrogens is 318 g/mol. The van der Waals surface area contributed by atoms with Gasteiger partial charge in [0.05, 0.1) is 6.61 Å². The van der Waals surface area contributed by atoms with Gasteiger partial charge in [-0.25, -0.2) is 4.79 Å². The first-order chi connectivity index (χ1) is 12.0. The summed E-state index contributed by atoms with van der Waals surface area (Å²) in [6.45, 7) is 7.76. The predicted molar refractivity (Wildman–Crippen MR) is 96.3 cm³/mol. The van der Waals surface area contributed by atoms with Crippen LogP contribution in [0.25, 0.3) is 0 Å². The second-order valence-electron chi connectivity index (χ2n) is 7.09. The van der Waals surface area contributed by atoms with Crippen LogP contribution in [0.5, 0.6) is 0 Å². The zero-order valence-electron chi connectivity index (χ0n) is 15.1. The van der Waals surface area contributed by atoms with Gasteiger partial charge in [-0.2, -0.15) is 0 Å². The molecule has 0 unspecified atom stereocenters. The van der Waals surface area contributed by atoms with E-state index in [0.717, 1.165) is 50.4 Å². The van der Waals surface area contributed by atoms with Gasteiger partial charge in [0.1, 0.15) is 0 Å². The molecule has 3 amide bonds. The van der Waals surface area contributed by atoms with Crippen molar-refractivity contribution < 1.29 is 14.3 Å². The lowest BCUT2D eigenvalue weighted by Gasteiger charge is -2.24. The van der Waals surface area contributed by atoms with Crippen LogP contribution in [0.4, 0.5) is 10.5 Å². The highest BCUT2D eigenvalue weighted by Crippen LogP contribution is 2.38. The van der Waals surface area contributed by atoms with Crippen LogP contribution in [-0.4, -0.2) is 54.6 Å². The highest BCUT2D eigenvalue weighted by atomic mass is 16.5. The average molecular weight is 345 g/mol. The lowest BCUT2D eigenvalue weighted by Crippen LogP contribution is -2.36. The second kappa shape index (κ2) is 7.44. The highest BCUT2D eigenvalue weighted by molar-refractivity contribution is 5.90. The van der Waals surface area contributed by atoms with Gasteiger partial charge in [-0.05, 0) is 31.4 Å². The summed E-state index contributed by atoms with van der Waals surface area (Å²) in [5.74, 6) is 0.0337. The van der Waals surface area contributed by atoms with Gasteiger partial charge in [-0.1, -0.05) is 18.2 Å². The van der Waals surface area contributed by atoms with Crippen LogP contribution >= 0.6 is 0 Å². The normalized spacial score (nSPS) is 22.4. The molecule has 2 aliphatic heterocycles. The number of para-hydroxylation sites is 1. The van der Waals surface area contributed by atoms with E-state index in [4.69, 9.17) is 4.74 Å². The first-order valence-corrected chi connectivity index (χ1v) is 9.00. The fourth-order valence-electron chi connectivity index (χ4n) is 3.71. The minimum Gasteiger partial charge on any atom is -0.381 e. The Bertz CT molecular complexity index is 641. The van der Waals surface area contributed by atoms with Crippen molar-refractivity contribution in [1.82, 2.24) is 9.80 Å². The van der Waals surface area contributed by atoms with Crippen molar-refractivity contribution in [3.8, 4) is 0 Å². The van der Waals surface area contributed by atoms with Crippen LogP contribution in [0.15, 0.2) is 24.3 Å². The average Bonchev–Trinajstić information content (AvgIpc) is 3.24. The minimum atomic E-state index is -0.0675. The van der Waals surface area contributed by atoms with Crippen LogP contribution in [0.3, 0.4) is 0 Å². The highest BCUT2D eigenvalue weighted by Gasteiger charge is 2.42. The van der Waals surface area contributed by atoms with Gasteiger partial charge < -0.3 is 19.9 Å². The summed E-state index contributed by atoms with van der Waals surface area (Å²) in [6.07, 6.45) is 2.05. The van der Waals surface area contributed by atoms with E-state index in [2.05, 4.69) is 5.32 Å². The molecule has 2 aliphatic rings. The van der Waals surface area contributed by atoms with Gasteiger partial charge in [-0.15, -0.1) is 0 Å². The Morgan fingerprint density at radius 1 is 1.32 bits per heavy atom.